The smallest absolute Gasteiger partial charge is 0.347 e. The highest BCUT2D eigenvalue weighted by atomic mass is 35.5. The summed E-state index contributed by atoms with van der Waals surface area (Å²) >= 11 is 6.14. The zero-order chi connectivity index (χ0) is 26.7. The van der Waals surface area contributed by atoms with Crippen LogP contribution in [0.25, 0.3) is 10.9 Å². The summed E-state index contributed by atoms with van der Waals surface area (Å²) in [5.74, 6) is 0.396. The van der Waals surface area contributed by atoms with Crippen molar-refractivity contribution in [3.63, 3.8) is 0 Å². The van der Waals surface area contributed by atoms with E-state index in [0.717, 1.165) is 53.5 Å². The predicted molar refractivity (Wildman–Crippen MR) is 155 cm³/mol. The predicted octanol–water partition coefficient (Wildman–Crippen LogP) is 7.79. The molecule has 5 nitrogen and oxygen atoms in total. The van der Waals surface area contributed by atoms with Gasteiger partial charge in [-0.15, -0.1) is 0 Å². The van der Waals surface area contributed by atoms with Gasteiger partial charge in [0.1, 0.15) is 5.75 Å². The molecule has 0 fully saturated rings. The molecule has 0 saturated carbocycles. The van der Waals surface area contributed by atoms with Crippen LogP contribution in [0.3, 0.4) is 0 Å². The summed E-state index contributed by atoms with van der Waals surface area (Å²) in [6, 6.07) is 26.2. The average Bonchev–Trinajstić information content (AvgIpc) is 2.93. The number of hydrogen-bond donors (Lipinski definition) is 1. The molecule has 1 heterocycles. The lowest BCUT2D eigenvalue weighted by atomic mass is 10.1. The number of fused-ring (bicyclic) bond motifs is 1. The normalized spacial score (nSPS) is 11.8. The number of aromatic nitrogens is 1. The third-order valence-corrected chi connectivity index (χ3v) is 6.64. The van der Waals surface area contributed by atoms with Gasteiger partial charge in [0.15, 0.2) is 6.10 Å². The van der Waals surface area contributed by atoms with Gasteiger partial charge in [0.2, 0.25) is 0 Å². The number of para-hydroxylation sites is 1. The van der Waals surface area contributed by atoms with Crippen molar-refractivity contribution in [3.05, 3.63) is 101 Å². The second kappa shape index (κ2) is 13.8. The molecule has 0 aliphatic rings. The molecule has 4 rings (SSSR count). The van der Waals surface area contributed by atoms with E-state index in [0.29, 0.717) is 30.3 Å². The topological polar surface area (TPSA) is 60.5 Å². The molecule has 1 unspecified atom stereocenters. The van der Waals surface area contributed by atoms with Gasteiger partial charge in [-0.2, -0.15) is 0 Å². The second-order valence-corrected chi connectivity index (χ2v) is 9.74. The molecule has 0 spiro atoms. The Hall–Kier alpha value is -3.57. The Morgan fingerprint density at radius 1 is 0.974 bits per heavy atom. The fourth-order valence-corrected chi connectivity index (χ4v) is 4.51. The first-order chi connectivity index (χ1) is 18.6. The second-order valence-electron chi connectivity index (χ2n) is 9.30. The summed E-state index contributed by atoms with van der Waals surface area (Å²) in [6.07, 6.45) is 3.66. The van der Waals surface area contributed by atoms with Crippen molar-refractivity contribution < 1.29 is 14.3 Å². The van der Waals surface area contributed by atoms with Gasteiger partial charge in [-0.05, 0) is 74.6 Å². The summed E-state index contributed by atoms with van der Waals surface area (Å²) < 4.78 is 11.4. The zero-order valence-electron chi connectivity index (χ0n) is 22.1. The van der Waals surface area contributed by atoms with E-state index in [2.05, 4.69) is 48.6 Å². The summed E-state index contributed by atoms with van der Waals surface area (Å²) in [5, 5.41) is 5.30. The van der Waals surface area contributed by atoms with E-state index in [-0.39, 0.29) is 5.97 Å². The Morgan fingerprint density at radius 3 is 2.66 bits per heavy atom. The molecule has 0 aliphatic heterocycles. The number of halogens is 1. The molecular weight excluding hydrogens is 496 g/mol. The molecule has 1 atom stereocenters. The fourth-order valence-electron chi connectivity index (χ4n) is 4.35. The number of esters is 1. The number of rotatable bonds is 13. The number of carbonyl (C=O) groups is 1. The first-order valence-electron chi connectivity index (χ1n) is 13.3. The van der Waals surface area contributed by atoms with Crippen LogP contribution in [0.5, 0.6) is 5.75 Å². The Balaban J connectivity index is 1.39. The van der Waals surface area contributed by atoms with E-state index in [1.807, 2.05) is 49.4 Å². The summed E-state index contributed by atoms with van der Waals surface area (Å²) in [5.41, 5.74) is 5.22. The third-order valence-electron chi connectivity index (χ3n) is 6.40. The molecule has 198 valence electrons. The number of carbonyl (C=O) groups excluding carboxylic acids is 1. The van der Waals surface area contributed by atoms with Crippen LogP contribution in [0.1, 0.15) is 49.9 Å². The van der Waals surface area contributed by atoms with Crippen LogP contribution < -0.4 is 10.1 Å². The highest BCUT2D eigenvalue weighted by Crippen LogP contribution is 2.24. The number of nitrogens with one attached hydrogen (secondary N) is 1. The molecule has 3 aromatic carbocycles. The standard InChI is InChI=1S/C32H35ClN2O3/c1-3-5-12-31(32(36)37-4-2)38-30-13-7-6-10-25(30)22-34-28-11-8-9-23(20-28)14-18-27-19-16-24-15-17-26(33)21-29(24)35-27/h6-11,13,15-17,19-21,31,34H,3-5,12,14,18,22H2,1-2H3. The first kappa shape index (κ1) is 27.5. The Morgan fingerprint density at radius 2 is 1.82 bits per heavy atom. The van der Waals surface area contributed by atoms with E-state index >= 15 is 0 Å². The van der Waals surface area contributed by atoms with Crippen LogP contribution in [0, 0.1) is 0 Å². The Bertz CT molecular complexity index is 1360. The summed E-state index contributed by atoms with van der Waals surface area (Å²) in [7, 11) is 0. The van der Waals surface area contributed by atoms with Crippen LogP contribution in [-0.2, 0) is 28.9 Å². The van der Waals surface area contributed by atoms with E-state index in [1.165, 1.54) is 5.56 Å². The average molecular weight is 531 g/mol. The zero-order valence-corrected chi connectivity index (χ0v) is 22.8. The van der Waals surface area contributed by atoms with Crippen molar-refractivity contribution in [1.29, 1.82) is 0 Å². The number of aryl methyl sites for hydroxylation is 2. The number of pyridine rings is 1. The molecule has 0 amide bonds. The van der Waals surface area contributed by atoms with Crippen molar-refractivity contribution in [3.8, 4) is 5.75 Å². The van der Waals surface area contributed by atoms with Crippen molar-refractivity contribution in [2.45, 2.75) is 58.6 Å². The molecule has 6 heteroatoms. The lowest BCUT2D eigenvalue weighted by Crippen LogP contribution is -2.30. The monoisotopic (exact) mass is 530 g/mol. The Kier molecular flexibility index (Phi) is 9.99. The molecule has 4 aromatic rings. The van der Waals surface area contributed by atoms with Gasteiger partial charge in [0, 0.05) is 33.9 Å². The maximum absolute atomic E-state index is 12.5. The number of anilines is 1. The molecule has 0 radical (unpaired) electrons. The van der Waals surface area contributed by atoms with Crippen LogP contribution >= 0.6 is 11.6 Å². The highest BCUT2D eigenvalue weighted by molar-refractivity contribution is 6.31. The molecule has 0 bridgehead atoms. The lowest BCUT2D eigenvalue weighted by Gasteiger charge is -2.20. The summed E-state index contributed by atoms with van der Waals surface area (Å²) in [4.78, 5) is 17.2. The molecule has 38 heavy (non-hydrogen) atoms. The number of benzene rings is 3. The van der Waals surface area contributed by atoms with Gasteiger partial charge in [-0.25, -0.2) is 4.79 Å². The SMILES string of the molecule is CCCCC(Oc1ccccc1CNc1cccc(CCc2ccc3ccc(Cl)cc3n2)c1)C(=O)OCC. The largest absolute Gasteiger partial charge is 0.478 e. The van der Waals surface area contributed by atoms with Crippen molar-refractivity contribution in [2.75, 3.05) is 11.9 Å². The molecule has 1 N–H and O–H groups in total. The number of hydrogen-bond acceptors (Lipinski definition) is 5. The minimum absolute atomic E-state index is 0.305. The minimum Gasteiger partial charge on any atom is -0.478 e. The van der Waals surface area contributed by atoms with E-state index in [9.17, 15) is 4.79 Å². The highest BCUT2D eigenvalue weighted by Gasteiger charge is 2.22. The molecular formula is C32H35ClN2O3. The van der Waals surface area contributed by atoms with Gasteiger partial charge in [0.05, 0.1) is 12.1 Å². The lowest BCUT2D eigenvalue weighted by molar-refractivity contribution is -0.151. The van der Waals surface area contributed by atoms with Crippen LogP contribution in [-0.4, -0.2) is 23.7 Å². The molecule has 0 aliphatic carbocycles. The van der Waals surface area contributed by atoms with Crippen molar-refractivity contribution in [1.82, 2.24) is 4.98 Å². The fraction of sp³-hybridized carbons (Fsp3) is 0.312. The van der Waals surface area contributed by atoms with Gasteiger partial charge in [-0.1, -0.05) is 67.4 Å². The third kappa shape index (κ3) is 7.72. The molecule has 0 saturated heterocycles. The number of ether oxygens (including phenoxy) is 2. The van der Waals surface area contributed by atoms with Gasteiger partial charge in [-0.3, -0.25) is 4.98 Å². The van der Waals surface area contributed by atoms with Crippen molar-refractivity contribution >= 4 is 34.2 Å². The minimum atomic E-state index is -0.598. The van der Waals surface area contributed by atoms with Gasteiger partial charge >= 0.3 is 5.97 Å². The van der Waals surface area contributed by atoms with Crippen LogP contribution in [0.4, 0.5) is 5.69 Å². The van der Waals surface area contributed by atoms with Gasteiger partial charge in [0.25, 0.3) is 0 Å². The molecule has 1 aromatic heterocycles. The Labute approximate surface area is 230 Å². The number of unbranched alkanes of at least 4 members (excludes halogenated alkanes) is 1. The van der Waals surface area contributed by atoms with Crippen molar-refractivity contribution in [2.24, 2.45) is 0 Å². The first-order valence-corrected chi connectivity index (χ1v) is 13.7. The quantitative estimate of drug-likeness (QED) is 0.179. The van der Waals surface area contributed by atoms with Crippen LogP contribution in [0.15, 0.2) is 78.9 Å². The summed E-state index contributed by atoms with van der Waals surface area (Å²) in [6.45, 7) is 4.84. The van der Waals surface area contributed by atoms with Gasteiger partial charge < -0.3 is 14.8 Å². The maximum Gasteiger partial charge on any atom is 0.347 e. The van der Waals surface area contributed by atoms with E-state index in [1.54, 1.807) is 0 Å². The number of nitrogens with zero attached hydrogens (tertiary/aromatic N) is 1. The van der Waals surface area contributed by atoms with E-state index < -0.39 is 6.10 Å². The van der Waals surface area contributed by atoms with E-state index in [4.69, 9.17) is 26.1 Å². The van der Waals surface area contributed by atoms with Crippen LogP contribution in [0.2, 0.25) is 5.02 Å². The maximum atomic E-state index is 12.5.